The second-order valence-corrected chi connectivity index (χ2v) is 6.69. The molecule has 0 amide bonds. The minimum absolute atomic E-state index is 0.00666. The zero-order valence-corrected chi connectivity index (χ0v) is 11.4. The number of likely N-dealkylation sites (N-methyl/N-ethyl adjacent to an activating group) is 1. The summed E-state index contributed by atoms with van der Waals surface area (Å²) in [5.41, 5.74) is 0. The van der Waals surface area contributed by atoms with Crippen LogP contribution in [0.5, 0.6) is 0 Å². The van der Waals surface area contributed by atoms with Gasteiger partial charge in [-0.1, -0.05) is 0 Å². The van der Waals surface area contributed by atoms with Crippen molar-refractivity contribution in [1.82, 2.24) is 4.31 Å². The maximum absolute atomic E-state index is 12.0. The quantitative estimate of drug-likeness (QED) is 0.542. The number of halogens is 1. The molecule has 0 aromatic rings. The van der Waals surface area contributed by atoms with Crippen LogP contribution >= 0.6 is 11.6 Å². The van der Waals surface area contributed by atoms with Gasteiger partial charge < -0.3 is 4.74 Å². The molecule has 2 atom stereocenters. The van der Waals surface area contributed by atoms with Crippen molar-refractivity contribution in [3.63, 3.8) is 0 Å². The minimum Gasteiger partial charge on any atom is -0.377 e. The zero-order chi connectivity index (χ0) is 12.2. The molecule has 1 saturated heterocycles. The molecule has 1 aliphatic heterocycles. The fourth-order valence-electron chi connectivity index (χ4n) is 1.93. The van der Waals surface area contributed by atoms with Crippen molar-refractivity contribution in [3.05, 3.63) is 0 Å². The van der Waals surface area contributed by atoms with Crippen molar-refractivity contribution in [1.29, 1.82) is 0 Å². The van der Waals surface area contributed by atoms with Gasteiger partial charge in [0.2, 0.25) is 10.0 Å². The number of nitrogens with zero attached hydrogens (tertiary/aromatic N) is 1. The number of unbranched alkanes of at least 4 members (excludes halogenated alkanes) is 1. The molecule has 1 fully saturated rings. The summed E-state index contributed by atoms with van der Waals surface area (Å²) in [5.74, 6) is 0.696. The highest BCUT2D eigenvalue weighted by molar-refractivity contribution is 7.89. The smallest absolute Gasteiger partial charge is 0.214 e. The molecule has 0 aromatic heterocycles. The summed E-state index contributed by atoms with van der Waals surface area (Å²) in [4.78, 5) is 0. The lowest BCUT2D eigenvalue weighted by Crippen LogP contribution is -2.42. The summed E-state index contributed by atoms with van der Waals surface area (Å²) in [6.45, 7) is 2.57. The van der Waals surface area contributed by atoms with Crippen LogP contribution in [0.2, 0.25) is 0 Å². The molecule has 0 bridgehead atoms. The highest BCUT2D eigenvalue weighted by Crippen LogP contribution is 2.21. The Hall–Kier alpha value is 0.160. The van der Waals surface area contributed by atoms with Gasteiger partial charge in [0.1, 0.15) is 0 Å². The second kappa shape index (κ2) is 6.19. The number of hydrogen-bond acceptors (Lipinski definition) is 3. The number of hydrogen-bond donors (Lipinski definition) is 0. The van der Waals surface area contributed by atoms with Crippen LogP contribution in [-0.2, 0) is 14.8 Å². The molecule has 1 aliphatic rings. The topological polar surface area (TPSA) is 46.6 Å². The largest absolute Gasteiger partial charge is 0.377 e. The SMILES string of the molecule is CC1OCCC1N(C)S(=O)(=O)CCCCCl. The van der Waals surface area contributed by atoms with E-state index in [0.29, 0.717) is 18.9 Å². The molecule has 1 heterocycles. The van der Waals surface area contributed by atoms with Crippen LogP contribution < -0.4 is 0 Å². The molecule has 4 nitrogen and oxygen atoms in total. The first-order valence-corrected chi connectivity index (χ1v) is 7.76. The van der Waals surface area contributed by atoms with Gasteiger partial charge in [-0.15, -0.1) is 11.6 Å². The molecule has 0 aromatic carbocycles. The van der Waals surface area contributed by atoms with E-state index in [9.17, 15) is 8.42 Å². The number of ether oxygens (including phenoxy) is 1. The van der Waals surface area contributed by atoms with Crippen molar-refractivity contribution in [2.45, 2.75) is 38.3 Å². The fraction of sp³-hybridized carbons (Fsp3) is 1.00. The summed E-state index contributed by atoms with van der Waals surface area (Å²) in [5, 5.41) is 0. The molecule has 16 heavy (non-hydrogen) atoms. The first kappa shape index (κ1) is 14.2. The lowest BCUT2D eigenvalue weighted by molar-refractivity contribution is 0.102. The van der Waals surface area contributed by atoms with Gasteiger partial charge >= 0.3 is 0 Å². The van der Waals surface area contributed by atoms with E-state index in [1.54, 1.807) is 7.05 Å². The first-order valence-electron chi connectivity index (χ1n) is 5.62. The third-order valence-electron chi connectivity index (χ3n) is 3.03. The summed E-state index contributed by atoms with van der Waals surface area (Å²) in [7, 11) is -1.51. The fourth-order valence-corrected chi connectivity index (χ4v) is 3.66. The van der Waals surface area contributed by atoms with Crippen LogP contribution in [0.15, 0.2) is 0 Å². The van der Waals surface area contributed by atoms with Crippen LogP contribution in [0.25, 0.3) is 0 Å². The average molecular weight is 270 g/mol. The molecule has 0 saturated carbocycles. The Labute approximate surface area is 103 Å². The Morgan fingerprint density at radius 3 is 2.62 bits per heavy atom. The standard InChI is InChI=1S/C10H20ClNO3S/c1-9-10(5-7-15-9)12(2)16(13,14)8-4-3-6-11/h9-10H,3-8H2,1-2H3. The Bertz CT molecular complexity index is 307. The molecule has 0 radical (unpaired) electrons. The van der Waals surface area contributed by atoms with Crippen molar-refractivity contribution >= 4 is 21.6 Å². The normalized spacial score (nSPS) is 26.5. The molecule has 0 spiro atoms. The van der Waals surface area contributed by atoms with Crippen LogP contribution in [0, 0.1) is 0 Å². The molecule has 0 aliphatic carbocycles. The van der Waals surface area contributed by atoms with E-state index in [1.807, 2.05) is 6.92 Å². The van der Waals surface area contributed by atoms with Gasteiger partial charge in [0.25, 0.3) is 0 Å². The van der Waals surface area contributed by atoms with E-state index < -0.39 is 10.0 Å². The third kappa shape index (κ3) is 3.58. The van der Waals surface area contributed by atoms with Gasteiger partial charge in [0, 0.05) is 19.5 Å². The molecular formula is C10H20ClNO3S. The Morgan fingerprint density at radius 2 is 2.12 bits per heavy atom. The van der Waals surface area contributed by atoms with Crippen LogP contribution in [0.1, 0.15) is 26.2 Å². The van der Waals surface area contributed by atoms with Gasteiger partial charge in [-0.05, 0) is 26.2 Å². The zero-order valence-electron chi connectivity index (χ0n) is 9.86. The van der Waals surface area contributed by atoms with Crippen molar-refractivity contribution in [2.24, 2.45) is 0 Å². The highest BCUT2D eigenvalue weighted by Gasteiger charge is 2.33. The van der Waals surface area contributed by atoms with Crippen LogP contribution in [-0.4, -0.2) is 50.2 Å². The first-order chi connectivity index (χ1) is 7.49. The van der Waals surface area contributed by atoms with Gasteiger partial charge in [-0.25, -0.2) is 8.42 Å². The Kier molecular flexibility index (Phi) is 5.50. The average Bonchev–Trinajstić information content (AvgIpc) is 2.63. The number of rotatable bonds is 6. The van der Waals surface area contributed by atoms with E-state index in [4.69, 9.17) is 16.3 Å². The monoisotopic (exact) mass is 269 g/mol. The Morgan fingerprint density at radius 1 is 1.44 bits per heavy atom. The Balaban J connectivity index is 2.54. The summed E-state index contributed by atoms with van der Waals surface area (Å²) < 4.78 is 30.8. The summed E-state index contributed by atoms with van der Waals surface area (Å²) >= 11 is 5.53. The lowest BCUT2D eigenvalue weighted by Gasteiger charge is -2.25. The van der Waals surface area contributed by atoms with Gasteiger partial charge in [-0.3, -0.25) is 0 Å². The minimum atomic E-state index is -3.15. The molecular weight excluding hydrogens is 250 g/mol. The number of sulfonamides is 1. The van der Waals surface area contributed by atoms with E-state index in [0.717, 1.165) is 12.8 Å². The van der Waals surface area contributed by atoms with E-state index in [1.165, 1.54) is 4.31 Å². The summed E-state index contributed by atoms with van der Waals surface area (Å²) in [6, 6.07) is -0.0130. The summed E-state index contributed by atoms with van der Waals surface area (Å²) in [6.07, 6.45) is 2.14. The van der Waals surface area contributed by atoms with Gasteiger partial charge in [-0.2, -0.15) is 4.31 Å². The maximum atomic E-state index is 12.0. The van der Waals surface area contributed by atoms with E-state index in [-0.39, 0.29) is 17.9 Å². The van der Waals surface area contributed by atoms with E-state index in [2.05, 4.69) is 0 Å². The molecule has 0 N–H and O–H groups in total. The van der Waals surface area contributed by atoms with Crippen molar-refractivity contribution in [3.8, 4) is 0 Å². The predicted octanol–water partition coefficient (Wildman–Crippen LogP) is 1.44. The molecule has 1 rings (SSSR count). The second-order valence-electron chi connectivity index (χ2n) is 4.16. The van der Waals surface area contributed by atoms with Crippen LogP contribution in [0.3, 0.4) is 0 Å². The number of alkyl halides is 1. The molecule has 6 heteroatoms. The van der Waals surface area contributed by atoms with Crippen LogP contribution in [0.4, 0.5) is 0 Å². The van der Waals surface area contributed by atoms with Crippen molar-refractivity contribution < 1.29 is 13.2 Å². The highest BCUT2D eigenvalue weighted by atomic mass is 35.5. The van der Waals surface area contributed by atoms with Gasteiger partial charge in [0.05, 0.1) is 17.9 Å². The predicted molar refractivity (Wildman–Crippen MR) is 65.3 cm³/mol. The van der Waals surface area contributed by atoms with Gasteiger partial charge in [0.15, 0.2) is 0 Å². The third-order valence-corrected chi connectivity index (χ3v) is 5.25. The van der Waals surface area contributed by atoms with Crippen molar-refractivity contribution in [2.75, 3.05) is 25.3 Å². The lowest BCUT2D eigenvalue weighted by atomic mass is 10.2. The van der Waals surface area contributed by atoms with E-state index >= 15 is 0 Å². The molecule has 96 valence electrons. The molecule has 2 unspecified atom stereocenters. The maximum Gasteiger partial charge on any atom is 0.214 e.